The van der Waals surface area contributed by atoms with Gasteiger partial charge >= 0.3 is 0 Å². The average Bonchev–Trinajstić information content (AvgIpc) is 3.59. The number of anilines is 2. The highest BCUT2D eigenvalue weighted by Gasteiger charge is 2.27. The molecule has 2 amide bonds. The summed E-state index contributed by atoms with van der Waals surface area (Å²) in [6.07, 6.45) is 4.64. The lowest BCUT2D eigenvalue weighted by Crippen LogP contribution is -2.32. The molecular formula is C27H29N3O4. The minimum absolute atomic E-state index is 0.00474. The second kappa shape index (κ2) is 9.63. The number of carbonyl (C=O) groups excluding carboxylic acids is 2. The van der Waals surface area contributed by atoms with Gasteiger partial charge in [0.25, 0.3) is 11.8 Å². The van der Waals surface area contributed by atoms with Crippen molar-refractivity contribution in [2.75, 3.05) is 29.9 Å². The fourth-order valence-electron chi connectivity index (χ4n) is 4.77. The number of amides is 2. The molecule has 1 N–H and O–H groups in total. The normalized spacial score (nSPS) is 17.0. The Balaban J connectivity index is 1.23. The van der Waals surface area contributed by atoms with Crippen molar-refractivity contribution < 1.29 is 18.7 Å². The average molecular weight is 460 g/mol. The lowest BCUT2D eigenvalue weighted by Gasteiger charge is -2.24. The highest BCUT2D eigenvalue weighted by molar-refractivity contribution is 6.03. The summed E-state index contributed by atoms with van der Waals surface area (Å²) in [5, 5.41) is 2.90. The molecule has 1 atom stereocenters. The first-order valence-corrected chi connectivity index (χ1v) is 11.8. The third kappa shape index (κ3) is 4.64. The predicted molar refractivity (Wildman–Crippen MR) is 130 cm³/mol. The van der Waals surface area contributed by atoms with Crippen molar-refractivity contribution in [3.63, 3.8) is 0 Å². The maximum atomic E-state index is 13.0. The van der Waals surface area contributed by atoms with Gasteiger partial charge in [-0.2, -0.15) is 0 Å². The van der Waals surface area contributed by atoms with Crippen molar-refractivity contribution in [2.24, 2.45) is 0 Å². The van der Waals surface area contributed by atoms with Gasteiger partial charge < -0.3 is 24.3 Å². The molecule has 3 heterocycles. The first-order chi connectivity index (χ1) is 16.6. The summed E-state index contributed by atoms with van der Waals surface area (Å²) in [4.78, 5) is 29.4. The summed E-state index contributed by atoms with van der Waals surface area (Å²) >= 11 is 0. The van der Waals surface area contributed by atoms with Crippen LogP contribution in [0.4, 0.5) is 11.4 Å². The van der Waals surface area contributed by atoms with E-state index in [-0.39, 0.29) is 18.4 Å². The van der Waals surface area contributed by atoms with Gasteiger partial charge in [0, 0.05) is 48.7 Å². The van der Waals surface area contributed by atoms with Crippen molar-refractivity contribution in [3.8, 4) is 5.75 Å². The Hall–Kier alpha value is -3.74. The Kier molecular flexibility index (Phi) is 6.25. The van der Waals surface area contributed by atoms with Gasteiger partial charge in [0.05, 0.1) is 6.26 Å². The number of rotatable bonds is 7. The van der Waals surface area contributed by atoms with Gasteiger partial charge in [-0.25, -0.2) is 0 Å². The van der Waals surface area contributed by atoms with Crippen molar-refractivity contribution in [1.82, 2.24) is 4.90 Å². The highest BCUT2D eigenvalue weighted by atomic mass is 16.5. The molecule has 0 saturated carbocycles. The molecule has 0 bridgehead atoms. The number of fused-ring (bicyclic) bond motifs is 1. The quantitative estimate of drug-likeness (QED) is 0.564. The maximum absolute atomic E-state index is 13.0. The lowest BCUT2D eigenvalue weighted by atomic mass is 10.1. The molecule has 34 heavy (non-hydrogen) atoms. The van der Waals surface area contributed by atoms with E-state index in [1.165, 1.54) is 11.3 Å². The summed E-state index contributed by atoms with van der Waals surface area (Å²) in [7, 11) is 0. The number of ether oxygens (including phenoxy) is 1. The molecule has 7 nitrogen and oxygen atoms in total. The zero-order chi connectivity index (χ0) is 23.5. The van der Waals surface area contributed by atoms with Gasteiger partial charge in [0.15, 0.2) is 12.4 Å². The first kappa shape index (κ1) is 22.1. The summed E-state index contributed by atoms with van der Waals surface area (Å²) < 4.78 is 11.3. The topological polar surface area (TPSA) is 75.0 Å². The van der Waals surface area contributed by atoms with Crippen LogP contribution in [0.15, 0.2) is 65.3 Å². The zero-order valence-corrected chi connectivity index (χ0v) is 19.3. The van der Waals surface area contributed by atoms with Crippen LogP contribution in [0.25, 0.3) is 0 Å². The molecule has 0 aliphatic carbocycles. The van der Waals surface area contributed by atoms with Gasteiger partial charge in [0.2, 0.25) is 0 Å². The fraction of sp³-hybridized carbons (Fsp3) is 0.333. The van der Waals surface area contributed by atoms with Gasteiger partial charge in [-0.1, -0.05) is 24.3 Å². The van der Waals surface area contributed by atoms with Gasteiger partial charge in [-0.05, 0) is 56.0 Å². The van der Waals surface area contributed by atoms with Crippen LogP contribution in [0.1, 0.15) is 41.4 Å². The highest BCUT2D eigenvalue weighted by Crippen LogP contribution is 2.33. The lowest BCUT2D eigenvalue weighted by molar-refractivity contribution is -0.132. The van der Waals surface area contributed by atoms with E-state index in [9.17, 15) is 9.59 Å². The van der Waals surface area contributed by atoms with Crippen molar-refractivity contribution in [2.45, 2.75) is 38.8 Å². The summed E-state index contributed by atoms with van der Waals surface area (Å²) in [6.45, 7) is 4.38. The molecule has 2 aromatic carbocycles. The second-order valence-electron chi connectivity index (χ2n) is 8.94. The molecule has 7 heteroatoms. The number of nitrogens with zero attached hydrogens (tertiary/aromatic N) is 2. The van der Waals surface area contributed by atoms with Gasteiger partial charge in [-0.3, -0.25) is 9.59 Å². The van der Waals surface area contributed by atoms with Crippen LogP contribution < -0.4 is 15.0 Å². The summed E-state index contributed by atoms with van der Waals surface area (Å²) in [5.41, 5.74) is 3.95. The van der Waals surface area contributed by atoms with Crippen LogP contribution in [0, 0.1) is 0 Å². The maximum Gasteiger partial charge on any atom is 0.291 e. The number of para-hydroxylation sites is 1. The number of hydrogen-bond acceptors (Lipinski definition) is 5. The molecule has 176 valence electrons. The number of likely N-dealkylation sites (tertiary alicyclic amines) is 1. The number of hydrogen-bond donors (Lipinski definition) is 1. The molecule has 2 aliphatic heterocycles. The van der Waals surface area contributed by atoms with E-state index >= 15 is 0 Å². The Morgan fingerprint density at radius 2 is 1.91 bits per heavy atom. The molecule has 1 aromatic heterocycles. The summed E-state index contributed by atoms with van der Waals surface area (Å²) in [6, 6.07) is 17.7. The molecular weight excluding hydrogens is 430 g/mol. The number of carbonyl (C=O) groups is 2. The Morgan fingerprint density at radius 3 is 2.76 bits per heavy atom. The van der Waals surface area contributed by atoms with Crippen LogP contribution in [-0.2, 0) is 17.8 Å². The van der Waals surface area contributed by atoms with E-state index in [2.05, 4.69) is 35.3 Å². The molecule has 0 spiro atoms. The van der Waals surface area contributed by atoms with Crippen molar-refractivity contribution in [1.29, 1.82) is 0 Å². The zero-order valence-electron chi connectivity index (χ0n) is 19.3. The van der Waals surface area contributed by atoms with E-state index in [0.29, 0.717) is 29.8 Å². The van der Waals surface area contributed by atoms with Crippen molar-refractivity contribution >= 4 is 23.2 Å². The van der Waals surface area contributed by atoms with E-state index in [1.807, 2.05) is 17.0 Å². The number of nitrogens with one attached hydrogen (secondary N) is 1. The van der Waals surface area contributed by atoms with Crippen LogP contribution in [0.3, 0.4) is 0 Å². The molecule has 1 unspecified atom stereocenters. The largest absolute Gasteiger partial charge is 0.484 e. The van der Waals surface area contributed by atoms with E-state index in [4.69, 9.17) is 9.15 Å². The molecule has 5 rings (SSSR count). The minimum atomic E-state index is -0.314. The fourth-order valence-corrected chi connectivity index (χ4v) is 4.77. The van der Waals surface area contributed by atoms with Crippen molar-refractivity contribution in [3.05, 3.63) is 77.7 Å². The standard InChI is InChI=1S/C27H29N3O4/c1-19-15-20-7-2-3-10-24(20)30(19)17-21-11-14-33-26(21)27(32)28-22-8-6-9-23(16-22)34-18-25(31)29-12-4-5-13-29/h2-3,6-11,14,16,19H,4-5,12-13,15,17-18H2,1H3,(H,28,32). The SMILES string of the molecule is CC1Cc2ccccc2N1Cc1ccoc1C(=O)Nc1cccc(OCC(=O)N2CCCC2)c1. The second-order valence-corrected chi connectivity index (χ2v) is 8.94. The van der Waals surface area contributed by atoms with Crippen LogP contribution in [-0.4, -0.2) is 42.5 Å². The molecule has 1 saturated heterocycles. The van der Waals surface area contributed by atoms with E-state index in [0.717, 1.165) is 37.9 Å². The monoisotopic (exact) mass is 459 g/mol. The Bertz CT molecular complexity index is 1180. The predicted octanol–water partition coefficient (Wildman–Crippen LogP) is 4.48. The van der Waals surface area contributed by atoms with Crippen LogP contribution >= 0.6 is 0 Å². The number of benzene rings is 2. The Labute approximate surface area is 199 Å². The molecule has 0 radical (unpaired) electrons. The Morgan fingerprint density at radius 1 is 1.09 bits per heavy atom. The smallest absolute Gasteiger partial charge is 0.291 e. The number of furan rings is 1. The van der Waals surface area contributed by atoms with E-state index < -0.39 is 0 Å². The van der Waals surface area contributed by atoms with Crippen LogP contribution in [0.5, 0.6) is 5.75 Å². The van der Waals surface area contributed by atoms with Crippen LogP contribution in [0.2, 0.25) is 0 Å². The molecule has 2 aliphatic rings. The third-order valence-electron chi connectivity index (χ3n) is 6.56. The first-order valence-electron chi connectivity index (χ1n) is 11.8. The van der Waals surface area contributed by atoms with E-state index in [1.54, 1.807) is 30.5 Å². The third-order valence-corrected chi connectivity index (χ3v) is 6.56. The molecule has 1 fully saturated rings. The summed E-state index contributed by atoms with van der Waals surface area (Å²) in [5.74, 6) is 0.509. The molecule has 3 aromatic rings. The van der Waals surface area contributed by atoms with Gasteiger partial charge in [0.1, 0.15) is 5.75 Å². The minimum Gasteiger partial charge on any atom is -0.484 e. The van der Waals surface area contributed by atoms with Gasteiger partial charge in [-0.15, -0.1) is 0 Å².